The van der Waals surface area contributed by atoms with Gasteiger partial charge in [0.05, 0.1) is 0 Å². The summed E-state index contributed by atoms with van der Waals surface area (Å²) in [6.07, 6.45) is 27.2. The van der Waals surface area contributed by atoms with Gasteiger partial charge in [0.1, 0.15) is 0 Å². The standard InChI is InChI=1S/C7H17P3.C5H12P2.C3H7P.2CH4.3W.6Y/c1-5-9(3)7-10(4)6-8-2;1-4-7(3)5-6-2;1-3-4-2;;;;;;;;;;;/h9-10H,2-7H2,1H3;7H,2-5H2,1H3;2-3H2,1H3;2*1H4;;;;;;;;;. The van der Waals surface area contributed by atoms with Gasteiger partial charge in [0, 0.05) is 271 Å². The molecular formula is C17H44P6W3Y6. The van der Waals surface area contributed by atoms with Gasteiger partial charge in [-0.05, 0) is 24.4 Å². The van der Waals surface area contributed by atoms with Crippen molar-refractivity contribution >= 4 is 85.0 Å². The van der Waals surface area contributed by atoms with E-state index >= 15 is 0 Å². The zero-order chi connectivity index (χ0) is 17.1. The number of hydrogen-bond donors (Lipinski definition) is 0. The molecule has 0 aliphatic heterocycles. The van der Waals surface area contributed by atoms with Crippen LogP contribution in [-0.2, 0) is 259 Å². The molecule has 0 aromatic heterocycles. The van der Waals surface area contributed by atoms with Crippen LogP contribution in [0.5, 0.6) is 0 Å². The maximum atomic E-state index is 4.16. The Morgan fingerprint density at radius 2 is 0.781 bits per heavy atom. The minimum absolute atomic E-state index is 0. The first-order valence-electron chi connectivity index (χ1n) is 7.20. The monoisotopic (exact) mass is 1520 g/mol. The van der Waals surface area contributed by atoms with Gasteiger partial charge in [0.25, 0.3) is 0 Å². The van der Waals surface area contributed by atoms with E-state index in [1.807, 2.05) is 0 Å². The Morgan fingerprint density at radius 1 is 0.531 bits per heavy atom. The van der Waals surface area contributed by atoms with Crippen LogP contribution in [0.2, 0.25) is 0 Å². The molecule has 32 heavy (non-hydrogen) atoms. The number of rotatable bonds is 9. The average Bonchev–Trinajstić information content (AvgIpc) is 2.48. The largest absolute Gasteiger partial charge is 0.121 e. The molecule has 0 spiro atoms. The van der Waals surface area contributed by atoms with Crippen molar-refractivity contribution in [2.24, 2.45) is 0 Å². The molecule has 0 saturated heterocycles. The molecule has 3 unspecified atom stereocenters. The van der Waals surface area contributed by atoms with E-state index in [1.165, 1.54) is 60.8 Å². The summed E-state index contributed by atoms with van der Waals surface area (Å²) in [6.45, 7) is 6.54. The minimum Gasteiger partial charge on any atom is -0.121 e. The van der Waals surface area contributed by atoms with E-state index in [0.29, 0.717) is 0 Å². The topological polar surface area (TPSA) is 0 Å². The zero-order valence-electron chi connectivity index (χ0n) is 19.0. The molecule has 0 amide bonds. The van der Waals surface area contributed by atoms with Gasteiger partial charge in [-0.2, -0.15) is 0 Å². The summed E-state index contributed by atoms with van der Waals surface area (Å²) in [4.78, 5) is 0. The van der Waals surface area contributed by atoms with Crippen molar-refractivity contribution in [1.82, 2.24) is 0 Å². The fourth-order valence-corrected chi connectivity index (χ4v) is 9.67. The van der Waals surface area contributed by atoms with Crippen molar-refractivity contribution < 1.29 is 259 Å². The smallest absolute Gasteiger partial charge is 0.00627 e. The third-order valence-electron chi connectivity index (χ3n) is 2.39. The molecule has 0 aromatic carbocycles. The Morgan fingerprint density at radius 3 is 0.938 bits per heavy atom. The van der Waals surface area contributed by atoms with Gasteiger partial charge in [0.2, 0.25) is 0 Å². The average molecular weight is 1520 g/mol. The van der Waals surface area contributed by atoms with Crippen LogP contribution in [0.1, 0.15) is 35.6 Å². The first-order valence-corrected chi connectivity index (χ1v) is 17.4. The molecule has 15 heteroatoms. The third-order valence-corrected chi connectivity index (χ3v) is 14.2. The third kappa shape index (κ3) is 97.3. The van der Waals surface area contributed by atoms with E-state index in [9.17, 15) is 0 Å². The summed E-state index contributed by atoms with van der Waals surface area (Å²) >= 11 is 0. The second kappa shape index (κ2) is 83.7. The molecule has 0 saturated carbocycles. The molecule has 0 heterocycles. The van der Waals surface area contributed by atoms with E-state index in [2.05, 4.69) is 58.6 Å². The summed E-state index contributed by atoms with van der Waals surface area (Å²) in [7, 11) is 3.04. The fraction of sp³-hybridized carbons (Fsp3) is 0.647. The van der Waals surface area contributed by atoms with E-state index in [-0.39, 0.29) is 297 Å². The molecule has 0 aromatic rings. The molecule has 0 fully saturated rings. The summed E-state index contributed by atoms with van der Waals surface area (Å²) < 4.78 is 0. The van der Waals surface area contributed by atoms with Gasteiger partial charge in [-0.25, -0.2) is 0 Å². The molecule has 3 atom stereocenters. The van der Waals surface area contributed by atoms with Gasteiger partial charge in [-0.3, -0.25) is 0 Å². The maximum absolute atomic E-state index is 4.16. The molecule has 0 rings (SSSR count). The second-order valence-electron chi connectivity index (χ2n) is 4.44. The summed E-state index contributed by atoms with van der Waals surface area (Å²) in [6, 6.07) is 0. The van der Waals surface area contributed by atoms with Crippen LogP contribution in [0, 0.1) is 0 Å². The Labute approximate surface area is 406 Å². The first-order chi connectivity index (χ1) is 9.92. The van der Waals surface area contributed by atoms with Gasteiger partial charge in [-0.1, -0.05) is 54.5 Å². The van der Waals surface area contributed by atoms with Crippen molar-refractivity contribution in [3.63, 3.8) is 0 Å². The Bertz CT molecular complexity index is 370. The molecule has 0 bridgehead atoms. The minimum atomic E-state index is -0.294. The Hall–Kier alpha value is 10.1. The van der Waals surface area contributed by atoms with Crippen molar-refractivity contribution in [1.29, 1.82) is 0 Å². The normalized spacial score (nSPS) is 9.47. The molecule has 0 nitrogen and oxygen atoms in total. The van der Waals surface area contributed by atoms with Gasteiger partial charge >= 0.3 is 0 Å². The molecule has 0 aliphatic rings. The van der Waals surface area contributed by atoms with Crippen LogP contribution in [0.25, 0.3) is 0 Å². The predicted molar refractivity (Wildman–Crippen MR) is 148 cm³/mol. The molecule has 178 valence electrons. The van der Waals surface area contributed by atoms with Gasteiger partial charge in [-0.15, -0.1) is 66.1 Å². The van der Waals surface area contributed by atoms with Crippen LogP contribution in [0.3, 0.4) is 0 Å². The van der Waals surface area contributed by atoms with E-state index in [0.717, 1.165) is 0 Å². The summed E-state index contributed by atoms with van der Waals surface area (Å²) in [5, 5.41) is 0. The summed E-state index contributed by atoms with van der Waals surface area (Å²) in [5.74, 6) is 3.85. The maximum Gasteiger partial charge on any atom is 0.00627 e. The van der Waals surface area contributed by atoms with Crippen LogP contribution < -0.4 is 0 Å². The van der Waals surface area contributed by atoms with Crippen molar-refractivity contribution in [2.45, 2.75) is 35.6 Å². The van der Waals surface area contributed by atoms with Crippen LogP contribution in [0.15, 0.2) is 0 Å². The quantitative estimate of drug-likeness (QED) is 0.215. The summed E-state index contributed by atoms with van der Waals surface area (Å²) in [5.41, 5.74) is 0. The fourth-order valence-electron chi connectivity index (χ4n) is 0.962. The predicted octanol–water partition coefficient (Wildman–Crippen LogP) is 7.21. The zero-order valence-corrected chi connectivity index (χ0v) is 50.5. The Kier molecular flexibility index (Phi) is 236. The van der Waals surface area contributed by atoms with E-state index < -0.39 is 0 Å². The second-order valence-corrected chi connectivity index (χ2v) is 16.3. The number of hydrogen-bond acceptors (Lipinski definition) is 0. The van der Waals surface area contributed by atoms with E-state index in [4.69, 9.17) is 0 Å². The first kappa shape index (κ1) is 90.1. The van der Waals surface area contributed by atoms with Crippen LogP contribution in [-0.4, -0.2) is 74.0 Å². The van der Waals surface area contributed by atoms with E-state index in [1.54, 1.807) is 0 Å². The van der Waals surface area contributed by atoms with Crippen molar-refractivity contribution in [3.05, 3.63) is 0 Å². The molecule has 0 aliphatic carbocycles. The SMILES string of the molecule is C.C.C=PCC.C=PC[PH](=C)CC.C=PC[PH](=C)C[PH](=C)CC.[W].[W].[W].[Y].[Y].[Y].[Y].[Y].[Y]. The van der Waals surface area contributed by atoms with Crippen LogP contribution >= 0.6 is 47.2 Å². The molecular weight excluding hydrogens is 1470 g/mol. The van der Waals surface area contributed by atoms with Crippen molar-refractivity contribution in [3.8, 4) is 0 Å². The molecule has 0 N–H and O–H groups in total. The van der Waals surface area contributed by atoms with Gasteiger partial charge < -0.3 is 0 Å². The van der Waals surface area contributed by atoms with Crippen LogP contribution in [0.4, 0.5) is 0 Å². The van der Waals surface area contributed by atoms with Gasteiger partial charge in [0.15, 0.2) is 0 Å². The Balaban J connectivity index is -0.0000000113. The molecule has 6 radical (unpaired) electrons. The van der Waals surface area contributed by atoms with Crippen molar-refractivity contribution in [2.75, 3.05) is 36.2 Å².